The van der Waals surface area contributed by atoms with Gasteiger partial charge in [0.1, 0.15) is 5.82 Å². The Morgan fingerprint density at radius 2 is 2.33 bits per heavy atom. The molecule has 1 N–H and O–H groups in total. The summed E-state index contributed by atoms with van der Waals surface area (Å²) < 4.78 is 12.9. The van der Waals surface area contributed by atoms with Gasteiger partial charge in [-0.2, -0.15) is 0 Å². The smallest absolute Gasteiger partial charge is 0.141 e. The number of benzene rings is 1. The molecule has 1 fully saturated rings. The summed E-state index contributed by atoms with van der Waals surface area (Å²) in [7, 11) is 0. The average molecular weight is 226 g/mol. The fourth-order valence-electron chi connectivity index (χ4n) is 1.72. The first-order valence-corrected chi connectivity index (χ1v) is 5.50. The zero-order chi connectivity index (χ0) is 10.7. The lowest BCUT2D eigenvalue weighted by Crippen LogP contribution is -2.17. The van der Waals surface area contributed by atoms with E-state index in [0.717, 1.165) is 12.1 Å². The van der Waals surface area contributed by atoms with Gasteiger partial charge >= 0.3 is 0 Å². The minimum atomic E-state index is -0.368. The van der Waals surface area contributed by atoms with Crippen LogP contribution in [0.5, 0.6) is 0 Å². The minimum absolute atomic E-state index is 0.177. The molecule has 1 nitrogen and oxygen atoms in total. The van der Waals surface area contributed by atoms with Crippen LogP contribution in [0.1, 0.15) is 18.4 Å². The summed E-state index contributed by atoms with van der Waals surface area (Å²) in [6, 6.07) is 5.22. The minimum Gasteiger partial charge on any atom is -0.311 e. The Hall–Kier alpha value is -0.860. The van der Waals surface area contributed by atoms with Crippen molar-refractivity contribution in [2.45, 2.75) is 18.9 Å². The van der Waals surface area contributed by atoms with Gasteiger partial charge in [-0.05, 0) is 37.1 Å². The number of halogens is 2. The fraction of sp³-hybridized carbons (Fsp3) is 0.333. The van der Waals surface area contributed by atoms with Crippen molar-refractivity contribution in [2.24, 2.45) is 0 Å². The number of hydrogen-bond donors (Lipinski definition) is 1. The predicted octanol–water partition coefficient (Wildman–Crippen LogP) is 3.24. The molecule has 1 unspecified atom stereocenters. The molecule has 0 aliphatic carbocycles. The van der Waals surface area contributed by atoms with Gasteiger partial charge in [-0.1, -0.05) is 29.8 Å². The van der Waals surface area contributed by atoms with Gasteiger partial charge in [0, 0.05) is 6.04 Å². The molecule has 0 amide bonds. The van der Waals surface area contributed by atoms with Crippen molar-refractivity contribution in [3.05, 3.63) is 40.7 Å². The molecule has 1 aliphatic rings. The van der Waals surface area contributed by atoms with Crippen LogP contribution in [0.25, 0.3) is 6.08 Å². The molecule has 3 heteroatoms. The Bertz CT molecular complexity index is 370. The Morgan fingerprint density at radius 3 is 3.00 bits per heavy atom. The summed E-state index contributed by atoms with van der Waals surface area (Å²) in [6.45, 7) is 1.08. The van der Waals surface area contributed by atoms with E-state index in [-0.39, 0.29) is 10.8 Å². The largest absolute Gasteiger partial charge is 0.311 e. The maximum absolute atomic E-state index is 12.9. The molecular weight excluding hydrogens is 213 g/mol. The van der Waals surface area contributed by atoms with E-state index in [1.54, 1.807) is 12.1 Å². The van der Waals surface area contributed by atoms with Crippen LogP contribution in [0.4, 0.5) is 4.39 Å². The molecule has 0 spiro atoms. The molecule has 1 atom stereocenters. The Morgan fingerprint density at radius 1 is 1.47 bits per heavy atom. The average Bonchev–Trinajstić information content (AvgIpc) is 2.73. The molecular formula is C12H13ClFN. The summed E-state index contributed by atoms with van der Waals surface area (Å²) in [4.78, 5) is 0. The molecule has 1 aromatic carbocycles. The Balaban J connectivity index is 2.06. The van der Waals surface area contributed by atoms with Crippen molar-refractivity contribution in [1.29, 1.82) is 0 Å². The highest BCUT2D eigenvalue weighted by molar-refractivity contribution is 6.30. The van der Waals surface area contributed by atoms with Crippen molar-refractivity contribution >= 4 is 17.7 Å². The molecule has 0 aromatic heterocycles. The quantitative estimate of drug-likeness (QED) is 0.815. The summed E-state index contributed by atoms with van der Waals surface area (Å²) >= 11 is 5.68. The molecule has 1 saturated heterocycles. The van der Waals surface area contributed by atoms with Crippen molar-refractivity contribution in [1.82, 2.24) is 5.32 Å². The van der Waals surface area contributed by atoms with E-state index in [2.05, 4.69) is 11.4 Å². The highest BCUT2D eigenvalue weighted by atomic mass is 35.5. The van der Waals surface area contributed by atoms with Crippen molar-refractivity contribution in [3.63, 3.8) is 0 Å². The number of rotatable bonds is 2. The summed E-state index contributed by atoms with van der Waals surface area (Å²) in [5.74, 6) is -0.368. The maximum Gasteiger partial charge on any atom is 0.141 e. The zero-order valence-corrected chi connectivity index (χ0v) is 9.10. The van der Waals surface area contributed by atoms with Crippen molar-refractivity contribution in [3.8, 4) is 0 Å². The van der Waals surface area contributed by atoms with E-state index in [4.69, 9.17) is 11.6 Å². The second-order valence-corrected chi connectivity index (χ2v) is 4.14. The van der Waals surface area contributed by atoms with Gasteiger partial charge in [0.25, 0.3) is 0 Å². The SMILES string of the molecule is Fc1ccc(/C=C/C2CCCN2)cc1Cl. The second-order valence-electron chi connectivity index (χ2n) is 3.74. The first kappa shape index (κ1) is 10.7. The third kappa shape index (κ3) is 2.80. The van der Waals surface area contributed by atoms with Crippen LogP contribution in [0.15, 0.2) is 24.3 Å². The van der Waals surface area contributed by atoms with Gasteiger partial charge in [-0.25, -0.2) is 4.39 Å². The monoisotopic (exact) mass is 225 g/mol. The molecule has 0 radical (unpaired) electrons. The van der Waals surface area contributed by atoms with E-state index in [9.17, 15) is 4.39 Å². The van der Waals surface area contributed by atoms with E-state index in [1.807, 2.05) is 6.08 Å². The molecule has 1 aromatic rings. The number of nitrogens with one attached hydrogen (secondary N) is 1. The van der Waals surface area contributed by atoms with Gasteiger partial charge in [-0.15, -0.1) is 0 Å². The van der Waals surface area contributed by atoms with Gasteiger partial charge in [0.15, 0.2) is 0 Å². The summed E-state index contributed by atoms with van der Waals surface area (Å²) in [6.07, 6.45) is 6.48. The molecule has 0 bridgehead atoms. The van der Waals surface area contributed by atoms with Crippen LogP contribution in [0.3, 0.4) is 0 Å². The Kier molecular flexibility index (Phi) is 3.39. The van der Waals surface area contributed by atoms with E-state index in [1.165, 1.54) is 18.9 Å². The first-order valence-electron chi connectivity index (χ1n) is 5.12. The lowest BCUT2D eigenvalue weighted by molar-refractivity contribution is 0.628. The summed E-state index contributed by atoms with van der Waals surface area (Å²) in [5, 5.41) is 3.54. The highest BCUT2D eigenvalue weighted by Crippen LogP contribution is 2.17. The molecule has 15 heavy (non-hydrogen) atoms. The lowest BCUT2D eigenvalue weighted by atomic mass is 10.1. The van der Waals surface area contributed by atoms with E-state index in [0.29, 0.717) is 6.04 Å². The predicted molar refractivity (Wildman–Crippen MR) is 61.5 cm³/mol. The van der Waals surface area contributed by atoms with Crippen LogP contribution >= 0.6 is 11.6 Å². The lowest BCUT2D eigenvalue weighted by Gasteiger charge is -2.02. The van der Waals surface area contributed by atoms with Crippen LogP contribution in [0.2, 0.25) is 5.02 Å². The summed E-state index contributed by atoms with van der Waals surface area (Å²) in [5.41, 5.74) is 0.940. The third-order valence-electron chi connectivity index (χ3n) is 2.56. The molecule has 0 saturated carbocycles. The molecule has 2 rings (SSSR count). The maximum atomic E-state index is 12.9. The van der Waals surface area contributed by atoms with Crippen LogP contribution < -0.4 is 5.32 Å². The first-order chi connectivity index (χ1) is 7.25. The molecule has 1 aliphatic heterocycles. The van der Waals surface area contributed by atoms with Gasteiger partial charge in [-0.3, -0.25) is 0 Å². The van der Waals surface area contributed by atoms with Gasteiger partial charge < -0.3 is 5.32 Å². The third-order valence-corrected chi connectivity index (χ3v) is 2.85. The normalized spacial score (nSPS) is 21.3. The van der Waals surface area contributed by atoms with Crippen molar-refractivity contribution in [2.75, 3.05) is 6.54 Å². The second kappa shape index (κ2) is 4.77. The van der Waals surface area contributed by atoms with Gasteiger partial charge in [0.05, 0.1) is 5.02 Å². The van der Waals surface area contributed by atoms with E-state index >= 15 is 0 Å². The topological polar surface area (TPSA) is 12.0 Å². The highest BCUT2D eigenvalue weighted by Gasteiger charge is 2.09. The molecule has 80 valence electrons. The van der Waals surface area contributed by atoms with E-state index < -0.39 is 0 Å². The van der Waals surface area contributed by atoms with Crippen molar-refractivity contribution < 1.29 is 4.39 Å². The fourth-order valence-corrected chi connectivity index (χ4v) is 1.91. The molecule has 1 heterocycles. The standard InChI is InChI=1S/C12H13ClFN/c13-11-8-9(4-6-12(11)14)3-5-10-2-1-7-15-10/h3-6,8,10,15H,1-2,7H2/b5-3+. The van der Waals surface area contributed by atoms with Crippen LogP contribution in [-0.2, 0) is 0 Å². The Labute approximate surface area is 93.9 Å². The zero-order valence-electron chi connectivity index (χ0n) is 8.34. The number of hydrogen-bond acceptors (Lipinski definition) is 1. The van der Waals surface area contributed by atoms with Crippen LogP contribution in [0, 0.1) is 5.82 Å². The van der Waals surface area contributed by atoms with Crippen LogP contribution in [-0.4, -0.2) is 12.6 Å². The van der Waals surface area contributed by atoms with Gasteiger partial charge in [0.2, 0.25) is 0 Å².